The van der Waals surface area contributed by atoms with Gasteiger partial charge in [-0.05, 0) is 49.4 Å². The fourth-order valence-electron chi connectivity index (χ4n) is 3.15. The first-order valence-corrected chi connectivity index (χ1v) is 10.7. The highest BCUT2D eigenvalue weighted by Gasteiger charge is 2.14. The van der Waals surface area contributed by atoms with Crippen molar-refractivity contribution in [3.05, 3.63) is 56.0 Å². The topological polar surface area (TPSA) is 91.6 Å². The number of amides is 1. The zero-order valence-electron chi connectivity index (χ0n) is 17.3. The average Bonchev–Trinajstić information content (AvgIpc) is 3.21. The van der Waals surface area contributed by atoms with Gasteiger partial charge in [-0.15, -0.1) is 11.3 Å². The second-order valence-electron chi connectivity index (χ2n) is 6.61. The van der Waals surface area contributed by atoms with Crippen LogP contribution in [-0.4, -0.2) is 34.8 Å². The van der Waals surface area contributed by atoms with Gasteiger partial charge in [-0.1, -0.05) is 6.07 Å². The number of benzene rings is 1. The largest absolute Gasteiger partial charge is 0.490 e. The van der Waals surface area contributed by atoms with Crippen LogP contribution in [0.25, 0.3) is 10.2 Å². The predicted octanol–water partition coefficient (Wildman–Crippen LogP) is 1.92. The molecule has 0 saturated heterocycles. The Morgan fingerprint density at radius 3 is 2.57 bits per heavy atom. The van der Waals surface area contributed by atoms with Crippen molar-refractivity contribution in [2.24, 2.45) is 7.05 Å². The second kappa shape index (κ2) is 9.62. The summed E-state index contributed by atoms with van der Waals surface area (Å²) in [4.78, 5) is 37.0. The molecule has 0 radical (unpaired) electrons. The summed E-state index contributed by atoms with van der Waals surface area (Å²) in [5.74, 6) is 1.08. The van der Waals surface area contributed by atoms with E-state index >= 15 is 0 Å². The van der Waals surface area contributed by atoms with E-state index in [2.05, 4.69) is 5.32 Å². The number of aromatic nitrogens is 2. The Hall–Kier alpha value is -3.07. The van der Waals surface area contributed by atoms with Crippen LogP contribution >= 0.6 is 11.3 Å². The maximum absolute atomic E-state index is 12.4. The van der Waals surface area contributed by atoms with E-state index in [1.807, 2.05) is 32.0 Å². The van der Waals surface area contributed by atoms with Crippen LogP contribution in [0.3, 0.4) is 0 Å². The third-order valence-electron chi connectivity index (χ3n) is 4.60. The normalized spacial score (nSPS) is 10.9. The molecule has 0 aliphatic heterocycles. The Balaban J connectivity index is 1.66. The van der Waals surface area contributed by atoms with Crippen LogP contribution in [-0.2, 0) is 24.8 Å². The van der Waals surface area contributed by atoms with Crippen molar-refractivity contribution >= 4 is 27.5 Å². The maximum Gasteiger partial charge on any atom is 0.331 e. The first-order valence-electron chi connectivity index (χ1n) is 9.78. The van der Waals surface area contributed by atoms with Gasteiger partial charge in [0, 0.05) is 13.6 Å². The van der Waals surface area contributed by atoms with Gasteiger partial charge in [0.2, 0.25) is 5.91 Å². The van der Waals surface area contributed by atoms with Crippen molar-refractivity contribution in [2.45, 2.75) is 26.8 Å². The third-order valence-corrected chi connectivity index (χ3v) is 5.49. The van der Waals surface area contributed by atoms with Crippen LogP contribution in [0, 0.1) is 0 Å². The zero-order chi connectivity index (χ0) is 21.7. The summed E-state index contributed by atoms with van der Waals surface area (Å²) >= 11 is 1.26. The molecule has 160 valence electrons. The van der Waals surface area contributed by atoms with Gasteiger partial charge in [0.25, 0.3) is 5.56 Å². The fraction of sp³-hybridized carbons (Fsp3) is 0.381. The number of carbonyl (C=O) groups is 1. The minimum atomic E-state index is -0.506. The van der Waals surface area contributed by atoms with E-state index in [9.17, 15) is 14.4 Å². The van der Waals surface area contributed by atoms with Crippen molar-refractivity contribution in [1.29, 1.82) is 0 Å². The Kier molecular flexibility index (Phi) is 6.94. The maximum atomic E-state index is 12.4. The van der Waals surface area contributed by atoms with E-state index in [4.69, 9.17) is 9.47 Å². The van der Waals surface area contributed by atoms with Crippen LogP contribution < -0.4 is 26.0 Å². The summed E-state index contributed by atoms with van der Waals surface area (Å²) in [6, 6.07) is 7.40. The molecule has 0 spiro atoms. The van der Waals surface area contributed by atoms with Crippen LogP contribution in [0.2, 0.25) is 0 Å². The van der Waals surface area contributed by atoms with E-state index in [0.717, 1.165) is 10.1 Å². The molecule has 1 aromatic carbocycles. The van der Waals surface area contributed by atoms with Gasteiger partial charge in [0.05, 0.1) is 18.7 Å². The Bertz CT molecular complexity index is 1160. The van der Waals surface area contributed by atoms with Crippen LogP contribution in [0.5, 0.6) is 11.5 Å². The van der Waals surface area contributed by atoms with Crippen molar-refractivity contribution < 1.29 is 14.3 Å². The molecule has 8 nitrogen and oxygen atoms in total. The quantitative estimate of drug-likeness (QED) is 0.559. The number of nitrogens with one attached hydrogen (secondary N) is 1. The average molecular weight is 432 g/mol. The summed E-state index contributed by atoms with van der Waals surface area (Å²) in [5.41, 5.74) is 0.633. The monoisotopic (exact) mass is 431 g/mol. The molecular weight excluding hydrogens is 406 g/mol. The molecule has 1 N–H and O–H groups in total. The zero-order valence-corrected chi connectivity index (χ0v) is 18.1. The lowest BCUT2D eigenvalue weighted by atomic mass is 10.1. The van der Waals surface area contributed by atoms with E-state index in [1.165, 1.54) is 23.0 Å². The molecule has 0 aliphatic carbocycles. The molecule has 30 heavy (non-hydrogen) atoms. The van der Waals surface area contributed by atoms with Gasteiger partial charge in [-0.3, -0.25) is 18.7 Å². The van der Waals surface area contributed by atoms with Crippen molar-refractivity contribution in [3.63, 3.8) is 0 Å². The highest BCUT2D eigenvalue weighted by Crippen LogP contribution is 2.28. The molecule has 3 rings (SSSR count). The Morgan fingerprint density at radius 1 is 1.10 bits per heavy atom. The lowest BCUT2D eigenvalue weighted by Crippen LogP contribution is -2.41. The lowest BCUT2D eigenvalue weighted by molar-refractivity contribution is -0.121. The number of ether oxygens (including phenoxy) is 2. The predicted molar refractivity (Wildman–Crippen MR) is 117 cm³/mol. The van der Waals surface area contributed by atoms with Crippen LogP contribution in [0.4, 0.5) is 0 Å². The minimum absolute atomic E-state index is 0.145. The lowest BCUT2D eigenvalue weighted by Gasteiger charge is -2.13. The fourth-order valence-corrected chi connectivity index (χ4v) is 4.02. The Labute approximate surface area is 177 Å². The van der Waals surface area contributed by atoms with Gasteiger partial charge >= 0.3 is 5.69 Å². The highest BCUT2D eigenvalue weighted by atomic mass is 32.1. The molecule has 0 aliphatic rings. The molecule has 1 amide bonds. The van der Waals surface area contributed by atoms with Gasteiger partial charge in [-0.25, -0.2) is 4.79 Å². The second-order valence-corrected chi connectivity index (χ2v) is 7.53. The Morgan fingerprint density at radius 2 is 1.83 bits per heavy atom. The minimum Gasteiger partial charge on any atom is -0.490 e. The summed E-state index contributed by atoms with van der Waals surface area (Å²) < 4.78 is 14.0. The molecule has 3 aromatic rings. The smallest absolute Gasteiger partial charge is 0.331 e. The molecule has 0 bridgehead atoms. The van der Waals surface area contributed by atoms with E-state index in [0.29, 0.717) is 47.9 Å². The van der Waals surface area contributed by atoms with Crippen LogP contribution in [0.1, 0.15) is 19.4 Å². The summed E-state index contributed by atoms with van der Waals surface area (Å²) in [5, 5.41) is 4.57. The SMILES string of the molecule is CCOc1ccc(CCNC(=O)Cn2c(=O)n(C)c(=O)c3sccc32)cc1OCC. The van der Waals surface area contributed by atoms with Crippen molar-refractivity contribution in [3.8, 4) is 11.5 Å². The van der Waals surface area contributed by atoms with Gasteiger partial charge in [0.1, 0.15) is 11.2 Å². The molecule has 0 saturated carbocycles. The summed E-state index contributed by atoms with van der Waals surface area (Å²) in [7, 11) is 1.42. The van der Waals surface area contributed by atoms with Gasteiger partial charge < -0.3 is 14.8 Å². The summed E-state index contributed by atoms with van der Waals surface area (Å²) in [6.07, 6.45) is 0.605. The molecular formula is C21H25N3O5S. The number of hydrogen-bond acceptors (Lipinski definition) is 6. The number of fused-ring (bicyclic) bond motifs is 1. The number of hydrogen-bond donors (Lipinski definition) is 1. The number of thiophene rings is 1. The standard InChI is InChI=1S/C21H25N3O5S/c1-4-28-16-7-6-14(12-17(16)29-5-2)8-10-22-18(25)13-24-15-9-11-30-19(15)20(26)23(3)21(24)27/h6-7,9,11-12H,4-5,8,10,13H2,1-3H3,(H,22,25). The molecule has 9 heteroatoms. The van der Waals surface area contributed by atoms with Gasteiger partial charge in [-0.2, -0.15) is 0 Å². The van der Waals surface area contributed by atoms with E-state index in [1.54, 1.807) is 11.4 Å². The number of carbonyl (C=O) groups excluding carboxylic acids is 1. The number of nitrogens with zero attached hydrogens (tertiary/aromatic N) is 2. The number of rotatable bonds is 9. The summed E-state index contributed by atoms with van der Waals surface area (Å²) in [6.45, 7) is 5.18. The first-order chi connectivity index (χ1) is 14.5. The first kappa shape index (κ1) is 21.6. The third kappa shape index (κ3) is 4.56. The molecule has 0 unspecified atom stereocenters. The van der Waals surface area contributed by atoms with Crippen molar-refractivity contribution in [2.75, 3.05) is 19.8 Å². The van der Waals surface area contributed by atoms with Gasteiger partial charge in [0.15, 0.2) is 11.5 Å². The molecule has 0 atom stereocenters. The molecule has 0 fully saturated rings. The van der Waals surface area contributed by atoms with E-state index < -0.39 is 5.69 Å². The molecule has 2 aromatic heterocycles. The van der Waals surface area contributed by atoms with E-state index in [-0.39, 0.29) is 18.0 Å². The van der Waals surface area contributed by atoms with Crippen LogP contribution in [0.15, 0.2) is 39.2 Å². The highest BCUT2D eigenvalue weighted by molar-refractivity contribution is 7.17. The van der Waals surface area contributed by atoms with Crippen molar-refractivity contribution in [1.82, 2.24) is 14.5 Å². The molecule has 2 heterocycles.